The summed E-state index contributed by atoms with van der Waals surface area (Å²) in [6.07, 6.45) is 8.09. The Kier molecular flexibility index (Phi) is 3.97. The van der Waals surface area contributed by atoms with Gasteiger partial charge in [0.15, 0.2) is 0 Å². The van der Waals surface area contributed by atoms with Gasteiger partial charge in [0.2, 0.25) is 0 Å². The van der Waals surface area contributed by atoms with Crippen molar-refractivity contribution in [2.45, 2.75) is 12.8 Å². The average Bonchev–Trinajstić information content (AvgIpc) is 2.31. The number of allylic oxidation sites excluding steroid dienone is 3. The van der Waals surface area contributed by atoms with Gasteiger partial charge in [-0.15, -0.1) is 0 Å². The van der Waals surface area contributed by atoms with Crippen molar-refractivity contribution >= 4 is 8.53 Å². The topological polar surface area (TPSA) is 44.5 Å². The van der Waals surface area contributed by atoms with E-state index in [-0.39, 0.29) is 0 Å². The lowest BCUT2D eigenvalue weighted by molar-refractivity contribution is 0.415. The number of nitrogens with two attached hydrogens (primary N) is 1. The Morgan fingerprint density at radius 2 is 1.88 bits per heavy atom. The maximum absolute atomic E-state index is 5.78. The molecule has 4 heteroatoms. The van der Waals surface area contributed by atoms with Crippen LogP contribution in [0.4, 0.5) is 0 Å². The van der Waals surface area contributed by atoms with Gasteiger partial charge in [0, 0.05) is 0 Å². The highest BCUT2D eigenvalue weighted by Crippen LogP contribution is 2.34. The van der Waals surface area contributed by atoms with Crippen LogP contribution in [0.3, 0.4) is 0 Å². The van der Waals surface area contributed by atoms with Crippen LogP contribution in [0.15, 0.2) is 54.3 Å². The van der Waals surface area contributed by atoms with Crippen LogP contribution >= 0.6 is 8.53 Å². The molecule has 1 atom stereocenters. The zero-order valence-electron chi connectivity index (χ0n) is 8.87. The lowest BCUT2D eigenvalue weighted by atomic mass is 10.2. The van der Waals surface area contributed by atoms with Crippen LogP contribution in [0.5, 0.6) is 5.75 Å². The summed E-state index contributed by atoms with van der Waals surface area (Å²) in [5.74, 6) is 1.53. The van der Waals surface area contributed by atoms with Gasteiger partial charge >= 0.3 is 8.53 Å². The molecule has 0 amide bonds. The SMILES string of the molecule is NP(OC1=CCCC=C1)Oc1ccccc1. The minimum Gasteiger partial charge on any atom is -0.428 e. The van der Waals surface area contributed by atoms with E-state index >= 15 is 0 Å². The third kappa shape index (κ3) is 3.37. The largest absolute Gasteiger partial charge is 0.428 e. The van der Waals surface area contributed by atoms with Crippen molar-refractivity contribution in [2.75, 3.05) is 0 Å². The Hall–Kier alpha value is -1.31. The number of benzene rings is 1. The molecular formula is C12H14NO2P. The summed E-state index contributed by atoms with van der Waals surface area (Å²) in [7, 11) is -1.40. The van der Waals surface area contributed by atoms with E-state index in [1.54, 1.807) is 0 Å². The Balaban J connectivity index is 1.87. The molecule has 0 saturated carbocycles. The van der Waals surface area contributed by atoms with Crippen LogP contribution < -0.4 is 10.0 Å². The smallest absolute Gasteiger partial charge is 0.378 e. The Bertz CT molecular complexity index is 389. The molecule has 3 nitrogen and oxygen atoms in total. The van der Waals surface area contributed by atoms with Gasteiger partial charge < -0.3 is 9.05 Å². The molecule has 0 radical (unpaired) electrons. The average molecular weight is 235 g/mol. The van der Waals surface area contributed by atoms with E-state index in [0.717, 1.165) is 24.4 Å². The molecule has 1 aromatic carbocycles. The molecule has 0 fully saturated rings. The number of para-hydroxylation sites is 1. The van der Waals surface area contributed by atoms with Crippen LogP contribution in [-0.4, -0.2) is 0 Å². The maximum Gasteiger partial charge on any atom is 0.378 e. The fourth-order valence-electron chi connectivity index (χ4n) is 1.36. The quantitative estimate of drug-likeness (QED) is 0.812. The summed E-state index contributed by atoms with van der Waals surface area (Å²) in [5.41, 5.74) is 5.78. The second-order valence-electron chi connectivity index (χ2n) is 3.37. The number of hydrogen-bond acceptors (Lipinski definition) is 3. The molecule has 0 bridgehead atoms. The molecule has 16 heavy (non-hydrogen) atoms. The van der Waals surface area contributed by atoms with Gasteiger partial charge in [-0.25, -0.2) is 5.50 Å². The third-order valence-electron chi connectivity index (χ3n) is 2.09. The highest BCUT2D eigenvalue weighted by molar-refractivity contribution is 7.45. The predicted molar refractivity (Wildman–Crippen MR) is 65.7 cm³/mol. The fraction of sp³-hybridized carbons (Fsp3) is 0.167. The molecule has 0 spiro atoms. The second-order valence-corrected chi connectivity index (χ2v) is 4.30. The van der Waals surface area contributed by atoms with Crippen molar-refractivity contribution in [1.29, 1.82) is 0 Å². The van der Waals surface area contributed by atoms with Crippen molar-refractivity contribution in [2.24, 2.45) is 5.50 Å². The highest BCUT2D eigenvalue weighted by atomic mass is 31.2. The van der Waals surface area contributed by atoms with E-state index in [1.807, 2.05) is 42.5 Å². The lowest BCUT2D eigenvalue weighted by Gasteiger charge is -2.15. The second kappa shape index (κ2) is 5.69. The van der Waals surface area contributed by atoms with E-state index < -0.39 is 8.53 Å². The summed E-state index contributed by atoms with van der Waals surface area (Å²) < 4.78 is 11.0. The number of hydrogen-bond donors (Lipinski definition) is 1. The maximum atomic E-state index is 5.78. The van der Waals surface area contributed by atoms with Gasteiger partial charge in [-0.2, -0.15) is 0 Å². The van der Waals surface area contributed by atoms with Crippen LogP contribution in [0, 0.1) is 0 Å². The van der Waals surface area contributed by atoms with Crippen LogP contribution in [0.1, 0.15) is 12.8 Å². The van der Waals surface area contributed by atoms with Crippen molar-refractivity contribution in [3.63, 3.8) is 0 Å². The van der Waals surface area contributed by atoms with Crippen molar-refractivity contribution < 1.29 is 9.05 Å². The van der Waals surface area contributed by atoms with Crippen LogP contribution in [0.25, 0.3) is 0 Å². The zero-order valence-corrected chi connectivity index (χ0v) is 9.77. The molecule has 2 N–H and O–H groups in total. The normalized spacial score (nSPS) is 16.4. The van der Waals surface area contributed by atoms with Gasteiger partial charge in [0.1, 0.15) is 11.5 Å². The first kappa shape index (κ1) is 11.2. The molecule has 1 aromatic rings. The standard InChI is InChI=1S/C12H14NO2P/c13-16(14-11-7-3-1-4-8-11)15-12-9-5-2-6-10-12/h1,3-5,7-10H,2,6,13H2. The Labute approximate surface area is 96.5 Å². The molecule has 0 aliphatic heterocycles. The predicted octanol–water partition coefficient (Wildman–Crippen LogP) is 3.50. The molecular weight excluding hydrogens is 221 g/mol. The summed E-state index contributed by atoms with van der Waals surface area (Å²) >= 11 is 0. The van der Waals surface area contributed by atoms with Crippen molar-refractivity contribution in [3.8, 4) is 5.75 Å². The Morgan fingerprint density at radius 3 is 2.56 bits per heavy atom. The fourth-order valence-corrected chi connectivity index (χ4v) is 2.07. The van der Waals surface area contributed by atoms with E-state index in [9.17, 15) is 0 Å². The van der Waals surface area contributed by atoms with E-state index in [1.165, 1.54) is 0 Å². The van der Waals surface area contributed by atoms with Gasteiger partial charge in [-0.05, 0) is 37.1 Å². The first-order valence-corrected chi connectivity index (χ1v) is 6.42. The van der Waals surface area contributed by atoms with E-state index in [0.29, 0.717) is 0 Å². The molecule has 84 valence electrons. The molecule has 1 unspecified atom stereocenters. The van der Waals surface area contributed by atoms with Crippen molar-refractivity contribution in [3.05, 3.63) is 54.3 Å². The van der Waals surface area contributed by atoms with Crippen LogP contribution in [-0.2, 0) is 4.52 Å². The first-order valence-electron chi connectivity index (χ1n) is 5.17. The summed E-state index contributed by atoms with van der Waals surface area (Å²) in [4.78, 5) is 0. The summed E-state index contributed by atoms with van der Waals surface area (Å²) in [6, 6.07) is 9.45. The molecule has 1 aliphatic carbocycles. The van der Waals surface area contributed by atoms with Gasteiger partial charge in [-0.1, -0.05) is 24.3 Å². The monoisotopic (exact) mass is 235 g/mol. The van der Waals surface area contributed by atoms with E-state index in [2.05, 4.69) is 6.08 Å². The lowest BCUT2D eigenvalue weighted by Crippen LogP contribution is -2.01. The molecule has 0 saturated heterocycles. The summed E-state index contributed by atoms with van der Waals surface area (Å²) in [5, 5.41) is 0. The van der Waals surface area contributed by atoms with Crippen LogP contribution in [0.2, 0.25) is 0 Å². The Morgan fingerprint density at radius 1 is 1.06 bits per heavy atom. The zero-order chi connectivity index (χ0) is 11.2. The summed E-state index contributed by atoms with van der Waals surface area (Å²) in [6.45, 7) is 0. The first-order chi connectivity index (χ1) is 7.84. The molecule has 0 heterocycles. The van der Waals surface area contributed by atoms with Crippen molar-refractivity contribution in [1.82, 2.24) is 0 Å². The van der Waals surface area contributed by atoms with Gasteiger partial charge in [0.25, 0.3) is 0 Å². The third-order valence-corrected chi connectivity index (χ3v) is 2.88. The molecule has 2 rings (SSSR count). The minimum atomic E-state index is -1.40. The number of rotatable bonds is 4. The molecule has 0 aromatic heterocycles. The molecule has 1 aliphatic rings. The minimum absolute atomic E-state index is 0.733. The van der Waals surface area contributed by atoms with Gasteiger partial charge in [-0.3, -0.25) is 0 Å². The van der Waals surface area contributed by atoms with Gasteiger partial charge in [0.05, 0.1) is 0 Å². The highest BCUT2D eigenvalue weighted by Gasteiger charge is 2.09. The van der Waals surface area contributed by atoms with E-state index in [4.69, 9.17) is 14.6 Å².